The minimum absolute atomic E-state index is 0.170. The zero-order chi connectivity index (χ0) is 10.4. The Bertz CT molecular complexity index is 211. The first-order valence-corrected chi connectivity index (χ1v) is 4.78. The molecule has 0 N–H and O–H groups in total. The molecule has 5 nitrogen and oxygen atoms in total. The van der Waals surface area contributed by atoms with Crippen LogP contribution in [0.4, 0.5) is 4.79 Å². The van der Waals surface area contributed by atoms with E-state index >= 15 is 0 Å². The van der Waals surface area contributed by atoms with Gasteiger partial charge in [0.15, 0.2) is 12.4 Å². The summed E-state index contributed by atoms with van der Waals surface area (Å²) in [6.45, 7) is 2.61. The summed E-state index contributed by atoms with van der Waals surface area (Å²) in [6, 6.07) is 0. The molecule has 0 unspecified atom stereocenters. The monoisotopic (exact) mass is 201 g/mol. The molecule has 1 amide bonds. The molecular weight excluding hydrogens is 186 g/mol. The van der Waals surface area contributed by atoms with Crippen molar-refractivity contribution in [1.29, 1.82) is 0 Å². The number of hydrogen-bond acceptors (Lipinski definition) is 4. The minimum Gasteiger partial charge on any atom is -0.306 e. The molecule has 5 heteroatoms. The highest BCUT2D eigenvalue weighted by molar-refractivity contribution is 5.76. The summed E-state index contributed by atoms with van der Waals surface area (Å²) in [6.07, 6.45) is 2.66. The van der Waals surface area contributed by atoms with Crippen molar-refractivity contribution in [1.82, 2.24) is 4.90 Å². The Morgan fingerprint density at radius 2 is 1.86 bits per heavy atom. The molecule has 0 radical (unpaired) electrons. The van der Waals surface area contributed by atoms with Crippen LogP contribution >= 0.6 is 0 Å². The molecule has 0 aromatic carbocycles. The summed E-state index contributed by atoms with van der Waals surface area (Å²) >= 11 is 0. The van der Waals surface area contributed by atoms with Crippen molar-refractivity contribution in [2.24, 2.45) is 0 Å². The van der Waals surface area contributed by atoms with Crippen LogP contribution in [0.3, 0.4) is 0 Å². The fourth-order valence-corrected chi connectivity index (χ4v) is 1.29. The molecule has 0 spiro atoms. The van der Waals surface area contributed by atoms with Crippen LogP contribution in [0, 0.1) is 0 Å². The van der Waals surface area contributed by atoms with Crippen LogP contribution in [0.25, 0.3) is 0 Å². The van der Waals surface area contributed by atoms with Crippen molar-refractivity contribution in [3.63, 3.8) is 0 Å². The normalized spacial score (nSPS) is 16.5. The molecule has 0 atom stereocenters. The third kappa shape index (κ3) is 3.74. The molecule has 0 aromatic heterocycles. The molecule has 1 fully saturated rings. The topological polar surface area (TPSA) is 55.8 Å². The first-order chi connectivity index (χ1) is 6.70. The molecule has 1 heterocycles. The Balaban J connectivity index is 2.16. The standard InChI is InChI=1S/C9H15NO4/c1-8(11)7-13-14-9(12)10-5-3-2-4-6-10/h2-7H2,1H3. The zero-order valence-corrected chi connectivity index (χ0v) is 8.32. The lowest BCUT2D eigenvalue weighted by Crippen LogP contribution is -2.36. The van der Waals surface area contributed by atoms with Crippen molar-refractivity contribution in [2.75, 3.05) is 19.7 Å². The van der Waals surface area contributed by atoms with Gasteiger partial charge in [-0.3, -0.25) is 9.68 Å². The number of hydrogen-bond donors (Lipinski definition) is 0. The van der Waals surface area contributed by atoms with Gasteiger partial charge in [-0.2, -0.15) is 4.89 Å². The summed E-state index contributed by atoms with van der Waals surface area (Å²) in [7, 11) is 0. The van der Waals surface area contributed by atoms with Crippen LogP contribution < -0.4 is 0 Å². The maximum absolute atomic E-state index is 11.2. The SMILES string of the molecule is CC(=O)COOC(=O)N1CCCCC1. The summed E-state index contributed by atoms with van der Waals surface area (Å²) in [5, 5.41) is 0. The molecule has 1 saturated heterocycles. The van der Waals surface area contributed by atoms with Crippen molar-refractivity contribution in [2.45, 2.75) is 26.2 Å². The lowest BCUT2D eigenvalue weighted by atomic mass is 10.1. The third-order valence-electron chi connectivity index (χ3n) is 2.01. The van der Waals surface area contributed by atoms with E-state index in [9.17, 15) is 9.59 Å². The van der Waals surface area contributed by atoms with Gasteiger partial charge >= 0.3 is 6.09 Å². The number of nitrogens with zero attached hydrogens (tertiary/aromatic N) is 1. The number of Topliss-reactive ketones (excluding diaryl/α,β-unsaturated/α-hetero) is 1. The van der Waals surface area contributed by atoms with Gasteiger partial charge in [-0.25, -0.2) is 4.79 Å². The second-order valence-corrected chi connectivity index (χ2v) is 3.36. The Morgan fingerprint density at radius 3 is 2.43 bits per heavy atom. The maximum Gasteiger partial charge on any atom is 0.441 e. The maximum atomic E-state index is 11.2. The number of likely N-dealkylation sites (tertiary alicyclic amines) is 1. The largest absolute Gasteiger partial charge is 0.441 e. The fourth-order valence-electron chi connectivity index (χ4n) is 1.29. The summed E-state index contributed by atoms with van der Waals surface area (Å²) in [5.74, 6) is -0.170. The zero-order valence-electron chi connectivity index (χ0n) is 8.32. The van der Waals surface area contributed by atoms with Crippen LogP contribution in [0.2, 0.25) is 0 Å². The van der Waals surface area contributed by atoms with Gasteiger partial charge in [-0.05, 0) is 26.2 Å². The van der Waals surface area contributed by atoms with E-state index in [1.54, 1.807) is 4.90 Å². The van der Waals surface area contributed by atoms with Gasteiger partial charge in [0, 0.05) is 13.1 Å². The number of ketones is 1. The molecular formula is C9H15NO4. The Morgan fingerprint density at radius 1 is 1.21 bits per heavy atom. The predicted molar refractivity (Wildman–Crippen MR) is 48.5 cm³/mol. The Kier molecular flexibility index (Phi) is 4.39. The summed E-state index contributed by atoms with van der Waals surface area (Å²) in [5.41, 5.74) is 0. The minimum atomic E-state index is -0.494. The van der Waals surface area contributed by atoms with Gasteiger partial charge in [0.1, 0.15) is 0 Å². The van der Waals surface area contributed by atoms with Crippen LogP contribution in [-0.4, -0.2) is 36.5 Å². The number of carbonyl (C=O) groups is 2. The highest BCUT2D eigenvalue weighted by Gasteiger charge is 2.18. The van der Waals surface area contributed by atoms with Gasteiger partial charge < -0.3 is 4.90 Å². The van der Waals surface area contributed by atoms with Crippen LogP contribution in [0.15, 0.2) is 0 Å². The predicted octanol–water partition coefficient (Wildman–Crippen LogP) is 1.13. The van der Waals surface area contributed by atoms with Crippen LogP contribution in [0.5, 0.6) is 0 Å². The number of piperidine rings is 1. The van der Waals surface area contributed by atoms with Gasteiger partial charge in [-0.15, -0.1) is 0 Å². The van der Waals surface area contributed by atoms with E-state index in [0.717, 1.165) is 19.3 Å². The molecule has 0 bridgehead atoms. The average molecular weight is 201 g/mol. The van der Waals surface area contributed by atoms with Crippen molar-refractivity contribution >= 4 is 11.9 Å². The highest BCUT2D eigenvalue weighted by Crippen LogP contribution is 2.09. The van der Waals surface area contributed by atoms with Gasteiger partial charge in [0.05, 0.1) is 0 Å². The van der Waals surface area contributed by atoms with Crippen molar-refractivity contribution in [3.05, 3.63) is 0 Å². The number of amides is 1. The average Bonchev–Trinajstić information content (AvgIpc) is 2.18. The molecule has 0 aromatic rings. The third-order valence-corrected chi connectivity index (χ3v) is 2.01. The lowest BCUT2D eigenvalue weighted by Gasteiger charge is -2.24. The van der Waals surface area contributed by atoms with E-state index in [2.05, 4.69) is 9.78 Å². The Labute approximate surface area is 82.9 Å². The highest BCUT2D eigenvalue weighted by atomic mass is 17.2. The first kappa shape index (κ1) is 11.0. The van der Waals surface area contributed by atoms with E-state index in [1.165, 1.54) is 6.92 Å². The van der Waals surface area contributed by atoms with Gasteiger partial charge in [0.25, 0.3) is 0 Å². The van der Waals surface area contributed by atoms with E-state index in [1.807, 2.05) is 0 Å². The molecule has 0 saturated carbocycles. The first-order valence-electron chi connectivity index (χ1n) is 4.78. The van der Waals surface area contributed by atoms with E-state index in [4.69, 9.17) is 0 Å². The van der Waals surface area contributed by atoms with Gasteiger partial charge in [0.2, 0.25) is 0 Å². The molecule has 0 aliphatic carbocycles. The summed E-state index contributed by atoms with van der Waals surface area (Å²) in [4.78, 5) is 32.2. The second-order valence-electron chi connectivity index (χ2n) is 3.36. The quantitative estimate of drug-likeness (QED) is 0.507. The van der Waals surface area contributed by atoms with Gasteiger partial charge in [-0.1, -0.05) is 0 Å². The molecule has 1 aliphatic heterocycles. The molecule has 80 valence electrons. The second kappa shape index (κ2) is 5.59. The van der Waals surface area contributed by atoms with E-state index in [0.29, 0.717) is 13.1 Å². The van der Waals surface area contributed by atoms with E-state index in [-0.39, 0.29) is 12.4 Å². The van der Waals surface area contributed by atoms with Crippen molar-refractivity contribution in [3.8, 4) is 0 Å². The number of carbonyl (C=O) groups excluding carboxylic acids is 2. The summed E-state index contributed by atoms with van der Waals surface area (Å²) < 4.78 is 0. The van der Waals surface area contributed by atoms with Crippen molar-refractivity contribution < 1.29 is 19.4 Å². The Hall–Kier alpha value is -1.10. The number of rotatable bonds is 3. The van der Waals surface area contributed by atoms with Crippen LogP contribution in [0.1, 0.15) is 26.2 Å². The lowest BCUT2D eigenvalue weighted by molar-refractivity contribution is -0.241. The van der Waals surface area contributed by atoms with E-state index < -0.39 is 6.09 Å². The molecule has 14 heavy (non-hydrogen) atoms. The molecule has 1 rings (SSSR count). The fraction of sp³-hybridized carbons (Fsp3) is 0.778. The smallest absolute Gasteiger partial charge is 0.306 e. The molecule has 1 aliphatic rings. The van der Waals surface area contributed by atoms with Crippen LogP contribution in [-0.2, 0) is 14.6 Å².